The van der Waals surface area contributed by atoms with Gasteiger partial charge >= 0.3 is 0 Å². The van der Waals surface area contributed by atoms with E-state index in [-0.39, 0.29) is 0 Å². The molecule has 0 fully saturated rings. The number of hydrogen-bond acceptors (Lipinski definition) is 3. The number of aryl methyl sites for hydroxylation is 1. The topological polar surface area (TPSA) is 42.7 Å². The van der Waals surface area contributed by atoms with Gasteiger partial charge in [0.2, 0.25) is 0 Å². The van der Waals surface area contributed by atoms with Crippen LogP contribution in [-0.2, 0) is 13.6 Å². The first kappa shape index (κ1) is 12.2. The lowest BCUT2D eigenvalue weighted by atomic mass is 10.2. The average molecular weight is 317 g/mol. The molecule has 0 bridgehead atoms. The van der Waals surface area contributed by atoms with Crippen molar-refractivity contribution in [1.82, 2.24) is 14.5 Å². The predicted octanol–water partition coefficient (Wildman–Crippen LogP) is 3.34. The first-order valence-electron chi connectivity index (χ1n) is 5.98. The number of rotatable bonds is 3. The Kier molecular flexibility index (Phi) is 3.21. The van der Waals surface area contributed by atoms with Crippen molar-refractivity contribution in [2.75, 3.05) is 5.32 Å². The number of fused-ring (bicyclic) bond motifs is 1. The summed E-state index contributed by atoms with van der Waals surface area (Å²) in [6.07, 6.45) is 3.60. The molecule has 3 aromatic rings. The highest BCUT2D eigenvalue weighted by Crippen LogP contribution is 2.19. The number of nitrogens with one attached hydrogen (secondary N) is 1. The van der Waals surface area contributed by atoms with Crippen molar-refractivity contribution in [3.05, 3.63) is 52.9 Å². The minimum absolute atomic E-state index is 0.732. The lowest BCUT2D eigenvalue weighted by Crippen LogP contribution is -2.02. The molecular weight excluding hydrogens is 304 g/mol. The lowest BCUT2D eigenvalue weighted by molar-refractivity contribution is 0.947. The van der Waals surface area contributed by atoms with Crippen LogP contribution in [0.4, 0.5) is 5.82 Å². The van der Waals surface area contributed by atoms with Gasteiger partial charge in [0.25, 0.3) is 0 Å². The number of imidazole rings is 1. The van der Waals surface area contributed by atoms with Crippen LogP contribution in [-0.4, -0.2) is 14.5 Å². The first-order valence-corrected chi connectivity index (χ1v) is 6.78. The van der Waals surface area contributed by atoms with Gasteiger partial charge in [-0.3, -0.25) is 0 Å². The van der Waals surface area contributed by atoms with Gasteiger partial charge in [-0.1, -0.05) is 28.1 Å². The first-order chi connectivity index (χ1) is 9.24. The van der Waals surface area contributed by atoms with Crippen molar-refractivity contribution in [3.63, 3.8) is 0 Å². The number of aromatic nitrogens is 3. The molecule has 19 heavy (non-hydrogen) atoms. The van der Waals surface area contributed by atoms with E-state index in [1.165, 1.54) is 5.56 Å². The summed E-state index contributed by atoms with van der Waals surface area (Å²) >= 11 is 3.43. The predicted molar refractivity (Wildman–Crippen MR) is 80.0 cm³/mol. The van der Waals surface area contributed by atoms with Crippen LogP contribution in [0, 0.1) is 0 Å². The SMILES string of the molecule is Cn1cnc2c(NCc3ccc(Br)cc3)nccc21. The summed E-state index contributed by atoms with van der Waals surface area (Å²) in [5, 5.41) is 3.33. The molecule has 3 rings (SSSR count). The van der Waals surface area contributed by atoms with E-state index in [1.54, 1.807) is 12.5 Å². The van der Waals surface area contributed by atoms with E-state index in [2.05, 4.69) is 43.3 Å². The molecule has 0 aliphatic heterocycles. The Morgan fingerprint density at radius 3 is 2.74 bits per heavy atom. The van der Waals surface area contributed by atoms with Crippen molar-refractivity contribution in [2.24, 2.45) is 7.05 Å². The number of hydrogen-bond donors (Lipinski definition) is 1. The molecule has 0 unspecified atom stereocenters. The molecule has 5 heteroatoms. The monoisotopic (exact) mass is 316 g/mol. The van der Waals surface area contributed by atoms with E-state index in [1.807, 2.05) is 29.8 Å². The Morgan fingerprint density at radius 1 is 1.16 bits per heavy atom. The van der Waals surface area contributed by atoms with Crippen molar-refractivity contribution in [1.29, 1.82) is 0 Å². The molecule has 0 aliphatic rings. The van der Waals surface area contributed by atoms with E-state index in [9.17, 15) is 0 Å². The van der Waals surface area contributed by atoms with Crippen LogP contribution in [0.3, 0.4) is 0 Å². The van der Waals surface area contributed by atoms with Gasteiger partial charge in [-0.15, -0.1) is 0 Å². The van der Waals surface area contributed by atoms with E-state index in [4.69, 9.17) is 0 Å². The van der Waals surface area contributed by atoms with Crippen LogP contribution < -0.4 is 5.32 Å². The molecule has 2 aromatic heterocycles. The van der Waals surface area contributed by atoms with Gasteiger partial charge in [0.05, 0.1) is 11.8 Å². The van der Waals surface area contributed by atoms with E-state index in [0.717, 1.165) is 27.9 Å². The van der Waals surface area contributed by atoms with Crippen molar-refractivity contribution >= 4 is 32.8 Å². The van der Waals surface area contributed by atoms with E-state index in [0.29, 0.717) is 0 Å². The number of anilines is 1. The Bertz CT molecular complexity index is 703. The number of halogens is 1. The summed E-state index contributed by atoms with van der Waals surface area (Å²) in [6, 6.07) is 10.2. The summed E-state index contributed by atoms with van der Waals surface area (Å²) in [7, 11) is 1.98. The molecule has 0 saturated carbocycles. The third kappa shape index (κ3) is 2.46. The van der Waals surface area contributed by atoms with Gasteiger partial charge in [0.15, 0.2) is 5.82 Å². The molecule has 4 nitrogen and oxygen atoms in total. The molecular formula is C14H13BrN4. The fourth-order valence-corrected chi connectivity index (χ4v) is 2.24. The maximum atomic E-state index is 4.38. The fraction of sp³-hybridized carbons (Fsp3) is 0.143. The third-order valence-corrected chi connectivity index (χ3v) is 3.54. The normalized spacial score (nSPS) is 10.8. The van der Waals surface area contributed by atoms with Crippen LogP contribution in [0.1, 0.15) is 5.56 Å². The largest absolute Gasteiger partial charge is 0.364 e. The van der Waals surface area contributed by atoms with Crippen LogP contribution in [0.5, 0.6) is 0 Å². The summed E-state index contributed by atoms with van der Waals surface area (Å²) in [5.41, 5.74) is 3.19. The second kappa shape index (κ2) is 5.01. The summed E-state index contributed by atoms with van der Waals surface area (Å²) in [5.74, 6) is 0.820. The lowest BCUT2D eigenvalue weighted by Gasteiger charge is -2.06. The Labute approximate surface area is 119 Å². The molecule has 0 aliphatic carbocycles. The highest BCUT2D eigenvalue weighted by Gasteiger charge is 2.06. The van der Waals surface area contributed by atoms with E-state index >= 15 is 0 Å². The van der Waals surface area contributed by atoms with E-state index < -0.39 is 0 Å². The Morgan fingerprint density at radius 2 is 1.95 bits per heavy atom. The maximum absolute atomic E-state index is 4.38. The second-order valence-corrected chi connectivity index (χ2v) is 5.28. The molecule has 0 spiro atoms. The second-order valence-electron chi connectivity index (χ2n) is 4.36. The molecule has 0 radical (unpaired) electrons. The molecule has 2 heterocycles. The zero-order valence-corrected chi connectivity index (χ0v) is 12.1. The highest BCUT2D eigenvalue weighted by atomic mass is 79.9. The number of pyridine rings is 1. The highest BCUT2D eigenvalue weighted by molar-refractivity contribution is 9.10. The quantitative estimate of drug-likeness (QED) is 0.805. The summed E-state index contributed by atoms with van der Waals surface area (Å²) in [4.78, 5) is 8.73. The Hall–Kier alpha value is -1.88. The van der Waals surface area contributed by atoms with Crippen molar-refractivity contribution in [2.45, 2.75) is 6.54 Å². The van der Waals surface area contributed by atoms with Gasteiger partial charge in [-0.05, 0) is 23.8 Å². The zero-order chi connectivity index (χ0) is 13.2. The minimum atomic E-state index is 0.732. The van der Waals surface area contributed by atoms with Crippen molar-refractivity contribution in [3.8, 4) is 0 Å². The molecule has 0 atom stereocenters. The van der Waals surface area contributed by atoms with Gasteiger partial charge in [-0.25, -0.2) is 9.97 Å². The minimum Gasteiger partial charge on any atom is -0.364 e. The van der Waals surface area contributed by atoms with Crippen LogP contribution in [0.15, 0.2) is 47.3 Å². The van der Waals surface area contributed by atoms with Crippen LogP contribution in [0.25, 0.3) is 11.0 Å². The number of nitrogens with zero attached hydrogens (tertiary/aromatic N) is 3. The smallest absolute Gasteiger partial charge is 0.154 e. The van der Waals surface area contributed by atoms with Crippen LogP contribution >= 0.6 is 15.9 Å². The van der Waals surface area contributed by atoms with Crippen LogP contribution in [0.2, 0.25) is 0 Å². The molecule has 1 aromatic carbocycles. The molecule has 1 N–H and O–H groups in total. The van der Waals surface area contributed by atoms with Gasteiger partial charge in [0, 0.05) is 24.3 Å². The van der Waals surface area contributed by atoms with Crippen molar-refractivity contribution < 1.29 is 0 Å². The fourth-order valence-electron chi connectivity index (χ4n) is 1.98. The van der Waals surface area contributed by atoms with Gasteiger partial charge < -0.3 is 9.88 Å². The summed E-state index contributed by atoms with van der Waals surface area (Å²) in [6.45, 7) is 0.732. The standard InChI is InChI=1S/C14H13BrN4/c1-19-9-18-13-12(19)6-7-16-14(13)17-8-10-2-4-11(15)5-3-10/h2-7,9H,8H2,1H3,(H,16,17). The molecule has 0 amide bonds. The number of benzene rings is 1. The van der Waals surface area contributed by atoms with Gasteiger partial charge in [0.1, 0.15) is 5.52 Å². The Balaban J connectivity index is 1.83. The molecule has 96 valence electrons. The maximum Gasteiger partial charge on any atom is 0.154 e. The summed E-state index contributed by atoms with van der Waals surface area (Å²) < 4.78 is 3.07. The average Bonchev–Trinajstić information content (AvgIpc) is 2.81. The third-order valence-electron chi connectivity index (χ3n) is 3.02. The van der Waals surface area contributed by atoms with Gasteiger partial charge in [-0.2, -0.15) is 0 Å². The molecule has 0 saturated heterocycles. The zero-order valence-electron chi connectivity index (χ0n) is 10.5.